The third kappa shape index (κ3) is 5.54. The SMILES string of the molecule is COc1ccc(N(CC(=O)N2CCN(c3ccc(F)cc3)CC2)S(=O)(=O)c2ccc(F)cc2)cc1. The number of amides is 1. The van der Waals surface area contributed by atoms with Crippen molar-refractivity contribution < 1.29 is 26.7 Å². The summed E-state index contributed by atoms with van der Waals surface area (Å²) in [7, 11) is -2.65. The van der Waals surface area contributed by atoms with Crippen LogP contribution in [0.15, 0.2) is 77.7 Å². The van der Waals surface area contributed by atoms with E-state index in [0.717, 1.165) is 22.1 Å². The van der Waals surface area contributed by atoms with Gasteiger partial charge in [-0.25, -0.2) is 17.2 Å². The minimum absolute atomic E-state index is 0.122. The lowest BCUT2D eigenvalue weighted by atomic mass is 10.2. The van der Waals surface area contributed by atoms with Crippen LogP contribution in [-0.4, -0.2) is 59.1 Å². The summed E-state index contributed by atoms with van der Waals surface area (Å²) < 4.78 is 59.7. The van der Waals surface area contributed by atoms with Gasteiger partial charge in [0, 0.05) is 31.9 Å². The van der Waals surface area contributed by atoms with E-state index in [2.05, 4.69) is 0 Å². The van der Waals surface area contributed by atoms with E-state index in [1.54, 1.807) is 41.3 Å². The summed E-state index contributed by atoms with van der Waals surface area (Å²) in [5.41, 5.74) is 1.14. The van der Waals surface area contributed by atoms with Gasteiger partial charge in [-0.05, 0) is 72.8 Å². The summed E-state index contributed by atoms with van der Waals surface area (Å²) in [4.78, 5) is 16.7. The zero-order chi connectivity index (χ0) is 25.0. The molecule has 1 fully saturated rings. The van der Waals surface area contributed by atoms with Crippen molar-refractivity contribution in [1.82, 2.24) is 4.90 Å². The molecular weight excluding hydrogens is 476 g/mol. The van der Waals surface area contributed by atoms with Crippen molar-refractivity contribution >= 4 is 27.3 Å². The first kappa shape index (κ1) is 24.5. The number of hydrogen-bond acceptors (Lipinski definition) is 5. The predicted octanol–water partition coefficient (Wildman–Crippen LogP) is 3.52. The van der Waals surface area contributed by atoms with E-state index >= 15 is 0 Å². The lowest BCUT2D eigenvalue weighted by molar-refractivity contribution is -0.129. The number of methoxy groups -OCH3 is 1. The van der Waals surface area contributed by atoms with Crippen LogP contribution in [0.5, 0.6) is 5.75 Å². The van der Waals surface area contributed by atoms with E-state index in [1.165, 1.54) is 31.4 Å². The molecule has 1 aliphatic rings. The number of piperazine rings is 1. The fraction of sp³-hybridized carbons (Fsp3) is 0.240. The van der Waals surface area contributed by atoms with Crippen LogP contribution in [0.4, 0.5) is 20.2 Å². The van der Waals surface area contributed by atoms with Crippen LogP contribution in [0.3, 0.4) is 0 Å². The summed E-state index contributed by atoms with van der Waals surface area (Å²) in [5.74, 6) is -0.694. The Labute approximate surface area is 203 Å². The van der Waals surface area contributed by atoms with Crippen molar-refractivity contribution in [2.45, 2.75) is 4.90 Å². The molecule has 10 heteroatoms. The fourth-order valence-corrected chi connectivity index (χ4v) is 5.30. The monoisotopic (exact) mass is 501 g/mol. The third-order valence-corrected chi connectivity index (χ3v) is 7.65. The van der Waals surface area contributed by atoms with Crippen LogP contribution in [0, 0.1) is 11.6 Å². The molecule has 0 saturated carbocycles. The molecule has 35 heavy (non-hydrogen) atoms. The van der Waals surface area contributed by atoms with Gasteiger partial charge >= 0.3 is 0 Å². The molecule has 0 radical (unpaired) electrons. The van der Waals surface area contributed by atoms with E-state index in [1.807, 2.05) is 4.90 Å². The highest BCUT2D eigenvalue weighted by molar-refractivity contribution is 7.92. The Hall–Kier alpha value is -3.66. The average Bonchev–Trinajstić information content (AvgIpc) is 2.88. The summed E-state index contributed by atoms with van der Waals surface area (Å²) >= 11 is 0. The zero-order valence-electron chi connectivity index (χ0n) is 19.1. The van der Waals surface area contributed by atoms with Gasteiger partial charge in [0.2, 0.25) is 5.91 Å². The quantitative estimate of drug-likeness (QED) is 0.496. The van der Waals surface area contributed by atoms with Gasteiger partial charge in [0.15, 0.2) is 0 Å². The molecule has 1 aliphatic heterocycles. The number of ether oxygens (including phenoxy) is 1. The van der Waals surface area contributed by atoms with E-state index in [0.29, 0.717) is 31.9 Å². The van der Waals surface area contributed by atoms with Crippen LogP contribution in [0.1, 0.15) is 0 Å². The number of anilines is 2. The fourth-order valence-electron chi connectivity index (χ4n) is 3.89. The molecule has 7 nitrogen and oxygen atoms in total. The Morgan fingerprint density at radius 1 is 0.857 bits per heavy atom. The van der Waals surface area contributed by atoms with Gasteiger partial charge < -0.3 is 14.5 Å². The van der Waals surface area contributed by atoms with Crippen LogP contribution >= 0.6 is 0 Å². The summed E-state index contributed by atoms with van der Waals surface area (Å²) in [6.45, 7) is 1.43. The summed E-state index contributed by atoms with van der Waals surface area (Å²) in [6.07, 6.45) is 0. The van der Waals surface area contributed by atoms with Crippen LogP contribution < -0.4 is 13.9 Å². The summed E-state index contributed by atoms with van der Waals surface area (Å²) in [5, 5.41) is 0. The second kappa shape index (κ2) is 10.3. The van der Waals surface area contributed by atoms with Gasteiger partial charge in [-0.3, -0.25) is 9.10 Å². The van der Waals surface area contributed by atoms with Gasteiger partial charge in [0.1, 0.15) is 23.9 Å². The molecule has 1 heterocycles. The minimum atomic E-state index is -4.15. The maximum absolute atomic E-state index is 13.4. The second-order valence-corrected chi connectivity index (χ2v) is 9.87. The predicted molar refractivity (Wildman–Crippen MR) is 129 cm³/mol. The van der Waals surface area contributed by atoms with Crippen LogP contribution in [0.2, 0.25) is 0 Å². The van der Waals surface area contributed by atoms with Crippen LogP contribution in [-0.2, 0) is 14.8 Å². The second-order valence-electron chi connectivity index (χ2n) is 8.01. The molecule has 1 amide bonds. The topological polar surface area (TPSA) is 70.2 Å². The van der Waals surface area contributed by atoms with Crippen molar-refractivity contribution in [3.8, 4) is 5.75 Å². The molecule has 1 saturated heterocycles. The van der Waals surface area contributed by atoms with Crippen molar-refractivity contribution in [3.63, 3.8) is 0 Å². The standard InChI is InChI=1S/C25H25F2N3O4S/c1-34-23-10-8-22(9-11-23)30(35(32,33)24-12-4-20(27)5-13-24)18-25(31)29-16-14-28(15-17-29)21-6-2-19(26)3-7-21/h2-13H,14-18H2,1H3. The Balaban J connectivity index is 1.53. The zero-order valence-corrected chi connectivity index (χ0v) is 19.9. The summed E-state index contributed by atoms with van der Waals surface area (Å²) in [6, 6.07) is 17.0. The molecule has 0 aliphatic carbocycles. The Kier molecular flexibility index (Phi) is 7.20. The number of hydrogen-bond donors (Lipinski definition) is 0. The third-order valence-electron chi connectivity index (χ3n) is 5.87. The molecule has 0 N–H and O–H groups in total. The first-order valence-electron chi connectivity index (χ1n) is 11.0. The largest absolute Gasteiger partial charge is 0.497 e. The number of nitrogens with zero attached hydrogens (tertiary/aromatic N) is 3. The Morgan fingerprint density at radius 2 is 1.40 bits per heavy atom. The van der Waals surface area contributed by atoms with Gasteiger partial charge in [0.25, 0.3) is 10.0 Å². The normalized spacial score (nSPS) is 14.0. The molecule has 0 unspecified atom stereocenters. The van der Waals surface area contributed by atoms with E-state index < -0.39 is 22.4 Å². The number of carbonyl (C=O) groups is 1. The van der Waals surface area contributed by atoms with E-state index in [-0.39, 0.29) is 22.3 Å². The van der Waals surface area contributed by atoms with Crippen molar-refractivity contribution in [2.24, 2.45) is 0 Å². The maximum Gasteiger partial charge on any atom is 0.264 e. The van der Waals surface area contributed by atoms with Crippen molar-refractivity contribution in [1.29, 1.82) is 0 Å². The molecule has 3 aromatic rings. The van der Waals surface area contributed by atoms with Gasteiger partial charge in [0.05, 0.1) is 17.7 Å². The molecule has 3 aromatic carbocycles. The number of benzene rings is 3. The van der Waals surface area contributed by atoms with E-state index in [4.69, 9.17) is 4.74 Å². The molecule has 0 bridgehead atoms. The maximum atomic E-state index is 13.4. The first-order valence-corrected chi connectivity index (χ1v) is 12.4. The molecule has 184 valence electrons. The van der Waals surface area contributed by atoms with Crippen molar-refractivity contribution in [2.75, 3.05) is 49.0 Å². The molecule has 4 rings (SSSR count). The highest BCUT2D eigenvalue weighted by Crippen LogP contribution is 2.26. The Bertz CT molecular complexity index is 1260. The highest BCUT2D eigenvalue weighted by atomic mass is 32.2. The molecular formula is C25H25F2N3O4S. The number of rotatable bonds is 7. The average molecular weight is 502 g/mol. The highest BCUT2D eigenvalue weighted by Gasteiger charge is 2.30. The molecule has 0 spiro atoms. The van der Waals surface area contributed by atoms with Crippen molar-refractivity contribution in [3.05, 3.63) is 84.4 Å². The smallest absolute Gasteiger partial charge is 0.264 e. The minimum Gasteiger partial charge on any atom is -0.497 e. The van der Waals surface area contributed by atoms with Crippen LogP contribution in [0.25, 0.3) is 0 Å². The van der Waals surface area contributed by atoms with E-state index in [9.17, 15) is 22.0 Å². The first-order chi connectivity index (χ1) is 16.8. The molecule has 0 aromatic heterocycles. The lowest BCUT2D eigenvalue weighted by Gasteiger charge is -2.37. The molecule has 0 atom stereocenters. The van der Waals surface area contributed by atoms with Gasteiger partial charge in [-0.15, -0.1) is 0 Å². The van der Waals surface area contributed by atoms with Gasteiger partial charge in [-0.2, -0.15) is 0 Å². The number of halogens is 2. The lowest BCUT2D eigenvalue weighted by Crippen LogP contribution is -2.52. The number of sulfonamides is 1. The van der Waals surface area contributed by atoms with Gasteiger partial charge in [-0.1, -0.05) is 0 Å². The Morgan fingerprint density at radius 3 is 1.94 bits per heavy atom. The number of carbonyl (C=O) groups excluding carboxylic acids is 1.